The van der Waals surface area contributed by atoms with E-state index in [9.17, 15) is 0 Å². The molecule has 1 unspecified atom stereocenters. The van der Waals surface area contributed by atoms with Crippen LogP contribution in [0, 0.1) is 0 Å². The first-order valence-electron chi connectivity index (χ1n) is 7.83. The molecule has 3 rings (SSSR count). The first kappa shape index (κ1) is 16.9. The third-order valence-corrected chi connectivity index (χ3v) is 4.17. The third kappa shape index (κ3) is 4.25. The summed E-state index contributed by atoms with van der Waals surface area (Å²) >= 11 is 0. The van der Waals surface area contributed by atoms with Gasteiger partial charge in [0.15, 0.2) is 0 Å². The van der Waals surface area contributed by atoms with Crippen LogP contribution in [0.3, 0.4) is 0 Å². The van der Waals surface area contributed by atoms with Crippen LogP contribution < -0.4 is 10.1 Å². The number of hydrogen-bond acceptors (Lipinski definition) is 2. The zero-order valence-electron chi connectivity index (χ0n) is 13.0. The molecule has 2 aromatic carbocycles. The maximum atomic E-state index is 5.93. The molecule has 1 aliphatic heterocycles. The molecule has 0 saturated carbocycles. The summed E-state index contributed by atoms with van der Waals surface area (Å²) in [6.07, 6.45) is 2.05. The summed E-state index contributed by atoms with van der Waals surface area (Å²) in [5.41, 5.74) is 4.23. The molecule has 0 spiro atoms. The molecule has 1 atom stereocenters. The van der Waals surface area contributed by atoms with Gasteiger partial charge in [-0.1, -0.05) is 43.3 Å². The Labute approximate surface area is 139 Å². The highest BCUT2D eigenvalue weighted by atomic mass is 35.5. The van der Waals surface area contributed by atoms with Gasteiger partial charge in [-0.05, 0) is 47.7 Å². The molecule has 1 N–H and O–H groups in total. The first-order chi connectivity index (χ1) is 10.3. The van der Waals surface area contributed by atoms with Crippen molar-refractivity contribution in [2.75, 3.05) is 19.7 Å². The summed E-state index contributed by atoms with van der Waals surface area (Å²) in [4.78, 5) is 0. The van der Waals surface area contributed by atoms with Crippen LogP contribution >= 0.6 is 12.4 Å². The van der Waals surface area contributed by atoms with E-state index in [2.05, 4.69) is 54.7 Å². The molecule has 1 heterocycles. The molecule has 118 valence electrons. The summed E-state index contributed by atoms with van der Waals surface area (Å²) in [6, 6.07) is 17.1. The van der Waals surface area contributed by atoms with Crippen molar-refractivity contribution in [2.24, 2.45) is 0 Å². The van der Waals surface area contributed by atoms with E-state index in [4.69, 9.17) is 4.74 Å². The van der Waals surface area contributed by atoms with Gasteiger partial charge in [0, 0.05) is 13.0 Å². The standard InChI is InChI=1S/C19H23NO.ClH/c1-15-14-20-11-9-17-13-18(7-8-19(15)17)21-12-10-16-5-3-2-4-6-16;/h2-8,13,15,20H,9-12,14H2,1H3;1H. The normalized spacial score (nSPS) is 17.0. The molecule has 0 aromatic heterocycles. The van der Waals surface area contributed by atoms with Crippen LogP contribution in [0.15, 0.2) is 48.5 Å². The van der Waals surface area contributed by atoms with Crippen LogP contribution in [0.1, 0.15) is 29.5 Å². The van der Waals surface area contributed by atoms with Crippen molar-refractivity contribution >= 4 is 12.4 Å². The zero-order chi connectivity index (χ0) is 14.5. The van der Waals surface area contributed by atoms with Gasteiger partial charge in [0.25, 0.3) is 0 Å². The van der Waals surface area contributed by atoms with Crippen LogP contribution in [0.4, 0.5) is 0 Å². The summed E-state index contributed by atoms with van der Waals surface area (Å²) in [6.45, 7) is 5.15. The topological polar surface area (TPSA) is 21.3 Å². The summed E-state index contributed by atoms with van der Waals surface area (Å²) in [5, 5.41) is 3.49. The Bertz CT molecular complexity index is 585. The maximum Gasteiger partial charge on any atom is 0.119 e. The molecule has 2 aromatic rings. The third-order valence-electron chi connectivity index (χ3n) is 4.17. The SMILES string of the molecule is CC1CNCCc2cc(OCCc3ccccc3)ccc21.Cl. The molecule has 3 heteroatoms. The van der Waals surface area contributed by atoms with Crippen LogP contribution in [-0.2, 0) is 12.8 Å². The smallest absolute Gasteiger partial charge is 0.119 e. The highest BCUT2D eigenvalue weighted by Crippen LogP contribution is 2.26. The Morgan fingerprint density at radius 1 is 1.14 bits per heavy atom. The molecule has 2 nitrogen and oxygen atoms in total. The van der Waals surface area contributed by atoms with Gasteiger partial charge in [0.05, 0.1) is 6.61 Å². The van der Waals surface area contributed by atoms with E-state index in [0.29, 0.717) is 5.92 Å². The maximum absolute atomic E-state index is 5.93. The Morgan fingerprint density at radius 3 is 2.77 bits per heavy atom. The van der Waals surface area contributed by atoms with Gasteiger partial charge in [-0.3, -0.25) is 0 Å². The van der Waals surface area contributed by atoms with E-state index < -0.39 is 0 Å². The highest BCUT2D eigenvalue weighted by molar-refractivity contribution is 5.85. The van der Waals surface area contributed by atoms with Crippen molar-refractivity contribution in [3.63, 3.8) is 0 Å². The fourth-order valence-electron chi connectivity index (χ4n) is 2.95. The second-order valence-corrected chi connectivity index (χ2v) is 5.80. The average Bonchev–Trinajstić information content (AvgIpc) is 2.70. The Kier molecular flexibility index (Phi) is 6.29. The predicted molar refractivity (Wildman–Crippen MR) is 94.3 cm³/mol. The average molecular weight is 318 g/mol. The van der Waals surface area contributed by atoms with Crippen molar-refractivity contribution in [1.82, 2.24) is 5.32 Å². The fraction of sp³-hybridized carbons (Fsp3) is 0.368. The molecular weight excluding hydrogens is 294 g/mol. The van der Waals surface area contributed by atoms with Gasteiger partial charge in [0.2, 0.25) is 0 Å². The van der Waals surface area contributed by atoms with Crippen molar-refractivity contribution in [3.8, 4) is 5.75 Å². The lowest BCUT2D eigenvalue weighted by Gasteiger charge is -2.14. The minimum absolute atomic E-state index is 0. The summed E-state index contributed by atoms with van der Waals surface area (Å²) in [7, 11) is 0. The fourth-order valence-corrected chi connectivity index (χ4v) is 2.95. The lowest BCUT2D eigenvalue weighted by Crippen LogP contribution is -2.18. The summed E-state index contributed by atoms with van der Waals surface area (Å²) in [5.74, 6) is 1.58. The Balaban J connectivity index is 0.00000176. The van der Waals surface area contributed by atoms with E-state index >= 15 is 0 Å². The van der Waals surface area contributed by atoms with E-state index in [0.717, 1.165) is 38.3 Å². The molecule has 0 bridgehead atoms. The molecule has 1 aliphatic rings. The molecule has 0 amide bonds. The van der Waals surface area contributed by atoms with E-state index in [1.165, 1.54) is 16.7 Å². The van der Waals surface area contributed by atoms with Crippen LogP contribution in [0.5, 0.6) is 5.75 Å². The number of nitrogens with one attached hydrogen (secondary N) is 1. The van der Waals surface area contributed by atoms with Crippen molar-refractivity contribution in [3.05, 3.63) is 65.2 Å². The monoisotopic (exact) mass is 317 g/mol. The van der Waals surface area contributed by atoms with E-state index in [1.807, 2.05) is 6.07 Å². The van der Waals surface area contributed by atoms with Gasteiger partial charge in [0.1, 0.15) is 5.75 Å². The Hall–Kier alpha value is -1.51. The number of ether oxygens (including phenoxy) is 1. The minimum atomic E-state index is 0. The molecule has 0 aliphatic carbocycles. The minimum Gasteiger partial charge on any atom is -0.493 e. The molecule has 0 saturated heterocycles. The lowest BCUT2D eigenvalue weighted by atomic mass is 9.95. The molecule has 0 radical (unpaired) electrons. The molecular formula is C19H24ClNO. The van der Waals surface area contributed by atoms with Crippen molar-refractivity contribution < 1.29 is 4.74 Å². The van der Waals surface area contributed by atoms with Gasteiger partial charge < -0.3 is 10.1 Å². The second kappa shape index (κ2) is 8.21. The van der Waals surface area contributed by atoms with Gasteiger partial charge in [-0.25, -0.2) is 0 Å². The highest BCUT2D eigenvalue weighted by Gasteiger charge is 2.14. The number of rotatable bonds is 4. The van der Waals surface area contributed by atoms with E-state index in [-0.39, 0.29) is 12.4 Å². The number of fused-ring (bicyclic) bond motifs is 1. The number of benzene rings is 2. The largest absolute Gasteiger partial charge is 0.493 e. The van der Waals surface area contributed by atoms with Crippen LogP contribution in [0.2, 0.25) is 0 Å². The second-order valence-electron chi connectivity index (χ2n) is 5.80. The number of hydrogen-bond donors (Lipinski definition) is 1. The van der Waals surface area contributed by atoms with Crippen LogP contribution in [-0.4, -0.2) is 19.7 Å². The zero-order valence-corrected chi connectivity index (χ0v) is 13.9. The van der Waals surface area contributed by atoms with Crippen LogP contribution in [0.25, 0.3) is 0 Å². The quantitative estimate of drug-likeness (QED) is 0.921. The van der Waals surface area contributed by atoms with Gasteiger partial charge in [-0.2, -0.15) is 0 Å². The molecule has 0 fully saturated rings. The van der Waals surface area contributed by atoms with E-state index in [1.54, 1.807) is 0 Å². The van der Waals surface area contributed by atoms with Gasteiger partial charge in [-0.15, -0.1) is 12.4 Å². The van der Waals surface area contributed by atoms with Gasteiger partial charge >= 0.3 is 0 Å². The lowest BCUT2D eigenvalue weighted by molar-refractivity contribution is 0.321. The number of halogens is 1. The molecule has 22 heavy (non-hydrogen) atoms. The van der Waals surface area contributed by atoms with Crippen molar-refractivity contribution in [2.45, 2.75) is 25.7 Å². The van der Waals surface area contributed by atoms with Crippen molar-refractivity contribution in [1.29, 1.82) is 0 Å². The first-order valence-corrected chi connectivity index (χ1v) is 7.83. The summed E-state index contributed by atoms with van der Waals surface area (Å²) < 4.78 is 5.93. The predicted octanol–water partition coefficient (Wildman–Crippen LogP) is 3.98. The Morgan fingerprint density at radius 2 is 1.95 bits per heavy atom.